The average molecular weight is 311 g/mol. The van der Waals surface area contributed by atoms with E-state index in [1.165, 1.54) is 16.9 Å². The van der Waals surface area contributed by atoms with Gasteiger partial charge in [0.25, 0.3) is 0 Å². The van der Waals surface area contributed by atoms with Gasteiger partial charge in [0.2, 0.25) is 5.43 Å². The highest BCUT2D eigenvalue weighted by Gasteiger charge is 2.13. The van der Waals surface area contributed by atoms with Crippen LogP contribution in [0.5, 0.6) is 0 Å². The van der Waals surface area contributed by atoms with Crippen LogP contribution in [0.15, 0.2) is 47.5 Å². The van der Waals surface area contributed by atoms with Crippen molar-refractivity contribution < 1.29 is 15.0 Å². The van der Waals surface area contributed by atoms with Crippen molar-refractivity contribution in [2.75, 3.05) is 0 Å². The van der Waals surface area contributed by atoms with Crippen molar-refractivity contribution in [1.29, 1.82) is 0 Å². The van der Waals surface area contributed by atoms with Gasteiger partial charge in [0.05, 0.1) is 6.42 Å². The van der Waals surface area contributed by atoms with Crippen molar-refractivity contribution in [3.8, 4) is 11.1 Å². The number of hydrogen-bond acceptors (Lipinski definition) is 5. The van der Waals surface area contributed by atoms with Gasteiger partial charge in [-0.15, -0.1) is 0 Å². The van der Waals surface area contributed by atoms with Gasteiger partial charge in [0.1, 0.15) is 12.1 Å². The fourth-order valence-electron chi connectivity index (χ4n) is 2.40. The molecule has 1 aromatic carbocycles. The molecule has 0 aliphatic heterocycles. The van der Waals surface area contributed by atoms with Crippen molar-refractivity contribution in [1.82, 2.24) is 14.6 Å². The molecule has 3 rings (SSSR count). The molecule has 7 heteroatoms. The molecule has 2 N–H and O–H groups in total. The predicted molar refractivity (Wildman–Crippen MR) is 82.8 cm³/mol. The third-order valence-corrected chi connectivity index (χ3v) is 3.44. The number of fused-ring (bicyclic) bond motifs is 1. The fraction of sp³-hybridized carbons (Fsp3) is 0.125. The molecule has 0 bridgehead atoms. The molecule has 3 aromatic rings. The van der Waals surface area contributed by atoms with Gasteiger partial charge in [-0.3, -0.25) is 9.59 Å². The molecule has 2 aromatic heterocycles. The number of nitrogens with zero attached hydrogens (tertiary/aromatic N) is 3. The van der Waals surface area contributed by atoms with Crippen molar-refractivity contribution in [2.45, 2.75) is 12.8 Å². The molecule has 2 heterocycles. The number of aliphatic hydroxyl groups is 1. The molecule has 116 valence electrons. The number of carboxylic acid groups (broad SMARTS) is 1. The quantitative estimate of drug-likeness (QED) is 0.745. The Hall–Kier alpha value is -3.22. The Morgan fingerprint density at radius 3 is 2.57 bits per heavy atom. The Bertz CT molecular complexity index is 980. The van der Waals surface area contributed by atoms with E-state index in [4.69, 9.17) is 5.11 Å². The zero-order chi connectivity index (χ0) is 16.4. The van der Waals surface area contributed by atoms with E-state index in [9.17, 15) is 14.7 Å². The van der Waals surface area contributed by atoms with Crippen LogP contribution < -0.4 is 10.8 Å². The van der Waals surface area contributed by atoms with Gasteiger partial charge < -0.3 is 10.2 Å². The summed E-state index contributed by atoms with van der Waals surface area (Å²) in [6, 6.07) is 10.6. The number of hydrogen-bond donors (Lipinski definition) is 2. The van der Waals surface area contributed by atoms with E-state index in [1.807, 2.05) is 30.3 Å². The zero-order valence-corrected chi connectivity index (χ0v) is 12.0. The Labute approximate surface area is 130 Å². The minimum absolute atomic E-state index is 0.0570. The van der Waals surface area contributed by atoms with Gasteiger partial charge >= 0.3 is 5.97 Å². The van der Waals surface area contributed by atoms with E-state index in [1.54, 1.807) is 0 Å². The second-order valence-electron chi connectivity index (χ2n) is 4.97. The number of carbonyl (C=O) groups is 1. The number of pyridine rings is 1. The maximum atomic E-state index is 12.4. The Morgan fingerprint density at radius 2 is 1.87 bits per heavy atom. The average Bonchev–Trinajstić information content (AvgIpc) is 3.01. The van der Waals surface area contributed by atoms with Crippen molar-refractivity contribution in [2.24, 2.45) is 0 Å². The van der Waals surface area contributed by atoms with E-state index in [-0.39, 0.29) is 23.9 Å². The van der Waals surface area contributed by atoms with Crippen LogP contribution in [0.25, 0.3) is 22.5 Å². The van der Waals surface area contributed by atoms with Gasteiger partial charge in [-0.05, 0) is 11.6 Å². The molecule has 0 amide bonds. The van der Waals surface area contributed by atoms with Crippen molar-refractivity contribution in [3.05, 3.63) is 58.3 Å². The molecule has 0 atom stereocenters. The maximum Gasteiger partial charge on any atom is 0.303 e. The number of aromatic nitrogens is 3. The highest BCUT2D eigenvalue weighted by molar-refractivity contribution is 5.77. The summed E-state index contributed by atoms with van der Waals surface area (Å²) in [5, 5.41) is 22.7. The molecule has 0 saturated carbocycles. The third-order valence-electron chi connectivity index (χ3n) is 3.44. The summed E-state index contributed by atoms with van der Waals surface area (Å²) in [7, 11) is 0. The van der Waals surface area contributed by atoms with E-state index in [0.29, 0.717) is 11.2 Å². The van der Waals surface area contributed by atoms with Crippen LogP contribution in [-0.2, 0) is 4.79 Å². The van der Waals surface area contributed by atoms with Gasteiger partial charge in [-0.2, -0.15) is 5.10 Å². The van der Waals surface area contributed by atoms with Crippen LogP contribution in [0.3, 0.4) is 0 Å². The van der Waals surface area contributed by atoms with Crippen LogP contribution in [0, 0.1) is 0 Å². The second kappa shape index (κ2) is 5.88. The monoisotopic (exact) mass is 311 g/mol. The van der Waals surface area contributed by atoms with Crippen LogP contribution in [-0.4, -0.2) is 30.8 Å². The van der Waals surface area contributed by atoms with E-state index in [0.717, 1.165) is 5.56 Å². The van der Waals surface area contributed by atoms with Crippen LogP contribution in [0.1, 0.15) is 12.8 Å². The normalized spacial score (nSPS) is 12.3. The molecule has 0 aliphatic rings. The largest absolute Gasteiger partial charge is 0.510 e. The summed E-state index contributed by atoms with van der Waals surface area (Å²) in [6.45, 7) is 0. The van der Waals surface area contributed by atoms with Crippen molar-refractivity contribution in [3.63, 3.8) is 0 Å². The Morgan fingerprint density at radius 1 is 1.13 bits per heavy atom. The first-order valence-electron chi connectivity index (χ1n) is 6.94. The van der Waals surface area contributed by atoms with Crippen LogP contribution >= 0.6 is 0 Å². The smallest absolute Gasteiger partial charge is 0.303 e. The minimum atomic E-state index is -1.06. The molecular formula is C16H13N3O4. The molecule has 7 nitrogen and oxygen atoms in total. The first kappa shape index (κ1) is 14.7. The number of aliphatic carboxylic acids is 1. The third kappa shape index (κ3) is 2.76. The van der Waals surface area contributed by atoms with Crippen molar-refractivity contribution >= 4 is 17.4 Å². The number of rotatable bonds is 4. The maximum absolute atomic E-state index is 12.4. The molecule has 0 spiro atoms. The molecule has 0 unspecified atom stereocenters. The molecule has 23 heavy (non-hydrogen) atoms. The summed E-state index contributed by atoms with van der Waals surface area (Å²) in [5.74, 6) is -1.37. The Balaban J connectivity index is 2.26. The first-order valence-corrected chi connectivity index (χ1v) is 6.94. The lowest BCUT2D eigenvalue weighted by molar-refractivity contribution is -0.136. The summed E-state index contributed by atoms with van der Waals surface area (Å²) >= 11 is 0. The highest BCUT2D eigenvalue weighted by Crippen LogP contribution is 2.20. The number of carboxylic acids is 1. The van der Waals surface area contributed by atoms with E-state index in [2.05, 4.69) is 10.1 Å². The molecular weight excluding hydrogens is 298 g/mol. The lowest BCUT2D eigenvalue weighted by Crippen LogP contribution is -2.34. The summed E-state index contributed by atoms with van der Waals surface area (Å²) in [6.07, 6.45) is 0.862. The van der Waals surface area contributed by atoms with E-state index < -0.39 is 11.4 Å². The van der Waals surface area contributed by atoms with Gasteiger partial charge in [0, 0.05) is 12.0 Å². The topological polar surface area (TPSA) is 105 Å². The van der Waals surface area contributed by atoms with Gasteiger partial charge in [-0.25, -0.2) is 9.50 Å². The zero-order valence-electron chi connectivity index (χ0n) is 12.0. The predicted octanol–water partition coefficient (Wildman–Crippen LogP) is 1.01. The standard InChI is InChI=1S/C16H13N3O4/c20-12(6-7-14(22)23)15-13(21)8-11(10-4-2-1-3-5-10)16-17-9-18-19(15)16/h1-5,8-9,20H,6-7H2,(H,22,23)/b15-12-. The second-order valence-corrected chi connectivity index (χ2v) is 4.97. The van der Waals surface area contributed by atoms with Gasteiger partial charge in [0.15, 0.2) is 11.0 Å². The molecule has 0 radical (unpaired) electrons. The van der Waals surface area contributed by atoms with Gasteiger partial charge in [-0.1, -0.05) is 30.3 Å². The minimum Gasteiger partial charge on any atom is -0.510 e. The van der Waals surface area contributed by atoms with Crippen LogP contribution in [0.2, 0.25) is 0 Å². The Kier molecular flexibility index (Phi) is 3.76. The van der Waals surface area contributed by atoms with E-state index >= 15 is 0 Å². The van der Waals surface area contributed by atoms with Crippen LogP contribution in [0.4, 0.5) is 0 Å². The summed E-state index contributed by atoms with van der Waals surface area (Å²) in [5.41, 5.74) is 1.39. The SMILES string of the molecule is O=C(O)CC/C(O)=c1\c(=O)cc(-c2ccccc2)c2ncnn12. The summed E-state index contributed by atoms with van der Waals surface area (Å²) in [4.78, 5) is 27.2. The lowest BCUT2D eigenvalue weighted by atomic mass is 10.1. The molecule has 0 saturated heterocycles. The molecule has 0 aliphatic carbocycles. The first-order chi connectivity index (χ1) is 11.1. The number of benzene rings is 1. The molecule has 0 fully saturated rings. The number of aliphatic hydroxyl groups excluding tert-OH is 1. The summed E-state index contributed by atoms with van der Waals surface area (Å²) < 4.78 is 1.25. The highest BCUT2D eigenvalue weighted by atomic mass is 16.4. The lowest BCUT2D eigenvalue weighted by Gasteiger charge is -2.04. The fourth-order valence-corrected chi connectivity index (χ4v) is 2.40.